The molecule has 64 valence electrons. The van der Waals surface area contributed by atoms with E-state index in [0.717, 1.165) is 0 Å². The fraction of sp³-hybridized carbons (Fsp3) is 0.500. The molecule has 0 amide bonds. The first kappa shape index (κ1) is 12.2. The Morgan fingerprint density at radius 3 is 1.10 bits per heavy atom. The van der Waals surface area contributed by atoms with Gasteiger partial charge in [0, 0.05) is 6.92 Å². The summed E-state index contributed by atoms with van der Waals surface area (Å²) in [4.78, 5) is 0. The summed E-state index contributed by atoms with van der Waals surface area (Å²) in [6.07, 6.45) is 0. The van der Waals surface area contributed by atoms with Crippen LogP contribution in [0.1, 0.15) is 8.35 Å². The average molecular weight is 187 g/mol. The van der Waals surface area contributed by atoms with Crippen LogP contribution in [-0.2, 0) is 0 Å². The molecular weight excluding hydrogens is 183 g/mol. The first-order valence-electron chi connectivity index (χ1n) is 1.74. The van der Waals surface area contributed by atoms with Crippen molar-refractivity contribution in [3.8, 4) is 6.07 Å². The molecule has 0 N–H and O–H groups in total. The summed E-state index contributed by atoms with van der Waals surface area (Å²) in [5.41, 5.74) is 0. The quantitative estimate of drug-likeness (QED) is 0.414. The second-order valence-electron chi connectivity index (χ2n) is 1.18. The maximum Gasteiger partial charge on any atom is 1.00 e. The van der Waals surface area contributed by atoms with Gasteiger partial charge in [0.05, 0.1) is 6.07 Å². The van der Waals surface area contributed by atoms with E-state index in [1.54, 1.807) is 6.07 Å². The number of nitriles is 1. The van der Waals surface area contributed by atoms with Crippen molar-refractivity contribution in [2.75, 3.05) is 0 Å². The Kier molecular flexibility index (Phi) is 2.43. The minimum Gasteiger partial charge on any atom is 1.00 e. The van der Waals surface area contributed by atoms with E-state index in [0.29, 0.717) is 0 Å². The SMILES string of the molecule is CC#N.F[P-](F)(F)(F)(F)F.[H+]. The van der Waals surface area contributed by atoms with E-state index in [4.69, 9.17) is 5.26 Å². The smallest absolute Gasteiger partial charge is 1.00 e. The van der Waals surface area contributed by atoms with Gasteiger partial charge in [0.15, 0.2) is 0 Å². The number of halogens is 6. The van der Waals surface area contributed by atoms with E-state index in [9.17, 15) is 25.2 Å². The Morgan fingerprint density at radius 1 is 1.10 bits per heavy atom. The minimum atomic E-state index is -10.7. The molecule has 0 unspecified atom stereocenters. The number of rotatable bonds is 0. The summed E-state index contributed by atoms with van der Waals surface area (Å²) in [7, 11) is -10.7. The standard InChI is InChI=1S/C2H3N.F6P/c1-2-3;1-7(2,3,4,5)6/h1H3;/q;-1/p+1. The third kappa shape index (κ3) is 1270. The van der Waals surface area contributed by atoms with Crippen molar-refractivity contribution in [2.45, 2.75) is 6.92 Å². The van der Waals surface area contributed by atoms with Crippen LogP contribution in [0.2, 0.25) is 0 Å². The fourth-order valence-electron chi connectivity index (χ4n) is 0. The summed E-state index contributed by atoms with van der Waals surface area (Å²) in [6.45, 7) is 1.43. The van der Waals surface area contributed by atoms with Gasteiger partial charge in [-0.1, -0.05) is 0 Å². The Bertz CT molecular complexity index is 137. The molecule has 0 aromatic carbocycles. The largest absolute Gasteiger partial charge is 1.00 e. The van der Waals surface area contributed by atoms with Gasteiger partial charge in [0.25, 0.3) is 0 Å². The summed E-state index contributed by atoms with van der Waals surface area (Å²) in [5.74, 6) is 0. The van der Waals surface area contributed by atoms with Crippen LogP contribution in [0.5, 0.6) is 0 Å². The van der Waals surface area contributed by atoms with E-state index in [1.165, 1.54) is 6.92 Å². The van der Waals surface area contributed by atoms with Gasteiger partial charge in [-0.2, -0.15) is 5.26 Å². The van der Waals surface area contributed by atoms with Crippen molar-refractivity contribution < 1.29 is 26.6 Å². The first-order valence-corrected chi connectivity index (χ1v) is 3.77. The van der Waals surface area contributed by atoms with Crippen molar-refractivity contribution in [1.82, 2.24) is 0 Å². The minimum absolute atomic E-state index is 0. The Balaban J connectivity index is -0.000000140. The van der Waals surface area contributed by atoms with E-state index in [2.05, 4.69) is 0 Å². The summed E-state index contributed by atoms with van der Waals surface area (Å²) in [6, 6.07) is 1.75. The van der Waals surface area contributed by atoms with Crippen molar-refractivity contribution in [3.05, 3.63) is 0 Å². The maximum atomic E-state index is 9.87. The van der Waals surface area contributed by atoms with Gasteiger partial charge in [-0.05, 0) is 0 Å². The number of hydrogen-bond donors (Lipinski definition) is 0. The van der Waals surface area contributed by atoms with E-state index < -0.39 is 7.81 Å². The van der Waals surface area contributed by atoms with Crippen molar-refractivity contribution in [3.63, 3.8) is 0 Å². The van der Waals surface area contributed by atoms with Gasteiger partial charge < -0.3 is 0 Å². The topological polar surface area (TPSA) is 23.8 Å². The molecule has 0 aromatic rings. The molecule has 0 saturated heterocycles. The van der Waals surface area contributed by atoms with Crippen molar-refractivity contribution in [2.24, 2.45) is 0 Å². The molecule has 0 radical (unpaired) electrons. The molecule has 0 saturated carbocycles. The van der Waals surface area contributed by atoms with Gasteiger partial charge >= 0.3 is 34.4 Å². The van der Waals surface area contributed by atoms with E-state index in [1.807, 2.05) is 0 Å². The van der Waals surface area contributed by atoms with Gasteiger partial charge in [0.2, 0.25) is 0 Å². The van der Waals surface area contributed by atoms with Crippen LogP contribution in [0.25, 0.3) is 0 Å². The molecule has 1 nitrogen and oxygen atoms in total. The molecule has 0 fully saturated rings. The molecule has 0 heterocycles. The van der Waals surface area contributed by atoms with Crippen LogP contribution in [0.3, 0.4) is 0 Å². The summed E-state index contributed by atoms with van der Waals surface area (Å²) < 4.78 is 59.2. The third-order valence-electron chi connectivity index (χ3n) is 0. The zero-order valence-corrected chi connectivity index (χ0v) is 5.56. The van der Waals surface area contributed by atoms with Crippen LogP contribution in [-0.4, -0.2) is 0 Å². The molecule has 0 bridgehead atoms. The van der Waals surface area contributed by atoms with Crippen LogP contribution in [0.15, 0.2) is 0 Å². The molecular formula is C2H4F6NP. The third-order valence-corrected chi connectivity index (χ3v) is 0. The van der Waals surface area contributed by atoms with Gasteiger partial charge in [0.1, 0.15) is 0 Å². The van der Waals surface area contributed by atoms with Gasteiger partial charge in [-0.3, -0.25) is 0 Å². The molecule has 0 aliphatic carbocycles. The van der Waals surface area contributed by atoms with E-state index in [-0.39, 0.29) is 1.43 Å². The molecule has 0 atom stereocenters. The van der Waals surface area contributed by atoms with Crippen LogP contribution in [0.4, 0.5) is 25.2 Å². The average Bonchev–Trinajstić information content (AvgIpc) is 1.20. The zero-order chi connectivity index (χ0) is 9.12. The Morgan fingerprint density at radius 2 is 1.10 bits per heavy atom. The summed E-state index contributed by atoms with van der Waals surface area (Å²) in [5, 5.41) is 7.32. The second kappa shape index (κ2) is 1.99. The second-order valence-corrected chi connectivity index (χ2v) is 3.10. The molecule has 8 heteroatoms. The normalized spacial score (nSPS) is 17.0. The fourth-order valence-corrected chi connectivity index (χ4v) is 0. The summed E-state index contributed by atoms with van der Waals surface area (Å²) >= 11 is 0. The zero-order valence-electron chi connectivity index (χ0n) is 5.66. The van der Waals surface area contributed by atoms with Crippen LogP contribution < -0.4 is 0 Å². The number of nitrogens with zero attached hydrogens (tertiary/aromatic N) is 1. The van der Waals surface area contributed by atoms with E-state index >= 15 is 0 Å². The molecule has 0 spiro atoms. The van der Waals surface area contributed by atoms with Gasteiger partial charge in [-0.15, -0.1) is 0 Å². The molecule has 0 aromatic heterocycles. The monoisotopic (exact) mass is 187 g/mol. The first-order chi connectivity index (χ1) is 3.86. The molecule has 0 aliphatic rings. The molecule has 10 heavy (non-hydrogen) atoms. The van der Waals surface area contributed by atoms with Crippen LogP contribution >= 0.6 is 7.81 Å². The maximum absolute atomic E-state index is 10.7. The number of hydrogen-bond acceptors (Lipinski definition) is 1. The Labute approximate surface area is 54.0 Å². The van der Waals surface area contributed by atoms with Crippen LogP contribution in [0, 0.1) is 11.3 Å². The van der Waals surface area contributed by atoms with Crippen molar-refractivity contribution >= 4 is 7.81 Å². The van der Waals surface area contributed by atoms with Crippen molar-refractivity contribution in [1.29, 1.82) is 5.26 Å². The molecule has 0 rings (SSSR count). The predicted molar refractivity (Wildman–Crippen MR) is 26.0 cm³/mol. The van der Waals surface area contributed by atoms with Gasteiger partial charge in [-0.25, -0.2) is 0 Å². The Hall–Kier alpha value is -0.500. The molecule has 0 aliphatic heterocycles. The predicted octanol–water partition coefficient (Wildman–Crippen LogP) is 4.02.